The van der Waals surface area contributed by atoms with Gasteiger partial charge in [0.1, 0.15) is 5.82 Å². The van der Waals surface area contributed by atoms with Crippen LogP contribution in [0.3, 0.4) is 0 Å². The van der Waals surface area contributed by atoms with Gasteiger partial charge in [-0.15, -0.1) is 0 Å². The van der Waals surface area contributed by atoms with Crippen molar-refractivity contribution in [1.82, 2.24) is 5.32 Å². The van der Waals surface area contributed by atoms with Gasteiger partial charge in [-0.25, -0.2) is 4.39 Å². The smallest absolute Gasteiger partial charge is 0.309 e. The fourth-order valence-corrected chi connectivity index (χ4v) is 2.47. The zero-order chi connectivity index (χ0) is 15.2. The first-order chi connectivity index (χ1) is 9.28. The quantitative estimate of drug-likeness (QED) is 0.586. The van der Waals surface area contributed by atoms with Crippen LogP contribution in [0.2, 0.25) is 0 Å². The molecule has 0 bridgehead atoms. The summed E-state index contributed by atoms with van der Waals surface area (Å²) in [6.45, 7) is 4.57. The minimum Gasteiger partial charge on any atom is -0.309 e. The van der Waals surface area contributed by atoms with Crippen molar-refractivity contribution in [1.29, 1.82) is 0 Å². The van der Waals surface area contributed by atoms with Crippen LogP contribution in [-0.2, 0) is 0 Å². The van der Waals surface area contributed by atoms with Crippen molar-refractivity contribution in [2.75, 3.05) is 12.3 Å². The van der Waals surface area contributed by atoms with Gasteiger partial charge in [0.25, 0.3) is 0 Å². The van der Waals surface area contributed by atoms with Crippen molar-refractivity contribution in [3.8, 4) is 0 Å². The summed E-state index contributed by atoms with van der Waals surface area (Å²) in [5, 5.41) is 3.35. The van der Waals surface area contributed by atoms with Crippen LogP contribution in [0.4, 0.5) is 17.6 Å². The number of thioether (sulfide) groups is 1. The Morgan fingerprint density at radius 1 is 1.15 bits per heavy atom. The van der Waals surface area contributed by atoms with Crippen LogP contribution in [0.15, 0.2) is 24.3 Å². The van der Waals surface area contributed by atoms with Crippen molar-refractivity contribution >= 4 is 11.8 Å². The molecule has 0 aliphatic heterocycles. The Kier molecular flexibility index (Phi) is 6.82. The number of nitrogens with one attached hydrogen (secondary N) is 1. The van der Waals surface area contributed by atoms with Crippen molar-refractivity contribution < 1.29 is 17.6 Å². The lowest BCUT2D eigenvalue weighted by Crippen LogP contribution is -2.28. The lowest BCUT2D eigenvalue weighted by atomic mass is 10.0. The molecule has 0 unspecified atom stereocenters. The van der Waals surface area contributed by atoms with Crippen LogP contribution >= 0.6 is 11.8 Å². The summed E-state index contributed by atoms with van der Waals surface area (Å²) >= 11 is 1.69. The summed E-state index contributed by atoms with van der Waals surface area (Å²) < 4.78 is 50.6. The monoisotopic (exact) mass is 309 g/mol. The van der Waals surface area contributed by atoms with E-state index in [-0.39, 0.29) is 0 Å². The van der Waals surface area contributed by atoms with Gasteiger partial charge in [-0.05, 0) is 22.9 Å². The Labute approximate surface area is 121 Å². The van der Waals surface area contributed by atoms with Crippen LogP contribution in [0.5, 0.6) is 0 Å². The highest BCUT2D eigenvalue weighted by atomic mass is 32.2. The molecule has 114 valence electrons. The third-order valence-electron chi connectivity index (χ3n) is 2.65. The summed E-state index contributed by atoms with van der Waals surface area (Å²) in [4.78, 5) is 0. The average molecular weight is 309 g/mol. The first-order valence-corrected chi connectivity index (χ1v) is 7.50. The number of alkyl halides is 3. The van der Waals surface area contributed by atoms with Gasteiger partial charge in [0.15, 0.2) is 0 Å². The molecule has 1 rings (SSSR count). The van der Waals surface area contributed by atoms with Gasteiger partial charge in [0, 0.05) is 18.3 Å². The second-order valence-electron chi connectivity index (χ2n) is 4.80. The van der Waals surface area contributed by atoms with Crippen LogP contribution in [0, 0.1) is 5.82 Å². The van der Waals surface area contributed by atoms with E-state index in [0.29, 0.717) is 17.4 Å². The molecule has 0 radical (unpaired) electrons. The highest BCUT2D eigenvalue weighted by molar-refractivity contribution is 7.99. The molecule has 20 heavy (non-hydrogen) atoms. The fourth-order valence-electron chi connectivity index (χ4n) is 1.76. The zero-order valence-electron chi connectivity index (χ0n) is 11.5. The fraction of sp³-hybridized carbons (Fsp3) is 0.571. The molecule has 0 aliphatic rings. The summed E-state index contributed by atoms with van der Waals surface area (Å²) in [6, 6.07) is 4.33. The van der Waals surface area contributed by atoms with E-state index in [1.165, 1.54) is 24.3 Å². The van der Waals surface area contributed by atoms with E-state index in [1.807, 2.05) is 13.8 Å². The Morgan fingerprint density at radius 2 is 1.75 bits per heavy atom. The highest BCUT2D eigenvalue weighted by Gasteiger charge is 2.32. The molecule has 0 saturated carbocycles. The molecule has 1 aromatic rings. The predicted octanol–water partition coefficient (Wildman–Crippen LogP) is 4.55. The largest absolute Gasteiger partial charge is 0.390 e. The van der Waals surface area contributed by atoms with E-state index < -0.39 is 24.5 Å². The van der Waals surface area contributed by atoms with E-state index in [1.54, 1.807) is 11.8 Å². The molecule has 1 N–H and O–H groups in total. The Morgan fingerprint density at radius 3 is 2.25 bits per heavy atom. The molecular formula is C14H19F4NS. The molecule has 6 heteroatoms. The molecule has 0 amide bonds. The lowest BCUT2D eigenvalue weighted by Gasteiger charge is -2.21. The molecule has 0 aromatic heterocycles. The van der Waals surface area contributed by atoms with E-state index in [9.17, 15) is 17.6 Å². The van der Waals surface area contributed by atoms with Crippen molar-refractivity contribution in [3.05, 3.63) is 35.6 Å². The van der Waals surface area contributed by atoms with Gasteiger partial charge >= 0.3 is 6.18 Å². The predicted molar refractivity (Wildman–Crippen MR) is 75.4 cm³/mol. The zero-order valence-corrected chi connectivity index (χ0v) is 12.3. The van der Waals surface area contributed by atoms with E-state index >= 15 is 0 Å². The summed E-state index contributed by atoms with van der Waals surface area (Å²) in [5.41, 5.74) is 0.457. The van der Waals surface area contributed by atoms with Gasteiger partial charge < -0.3 is 5.32 Å². The van der Waals surface area contributed by atoms with Gasteiger partial charge in [-0.2, -0.15) is 24.9 Å². The van der Waals surface area contributed by atoms with Gasteiger partial charge in [0.05, 0.1) is 6.42 Å². The summed E-state index contributed by atoms with van der Waals surface area (Å²) in [6.07, 6.45) is -5.21. The van der Waals surface area contributed by atoms with E-state index in [0.717, 1.165) is 5.75 Å². The molecule has 0 fully saturated rings. The van der Waals surface area contributed by atoms with Crippen molar-refractivity contribution in [2.45, 2.75) is 37.7 Å². The minimum atomic E-state index is -4.25. The average Bonchev–Trinajstić information content (AvgIpc) is 2.32. The minimum absolute atomic E-state index is 0.448. The van der Waals surface area contributed by atoms with Crippen molar-refractivity contribution in [3.63, 3.8) is 0 Å². The third-order valence-corrected chi connectivity index (χ3v) is 3.76. The summed E-state index contributed by atoms with van der Waals surface area (Å²) in [5.74, 6) is 0.294. The van der Waals surface area contributed by atoms with Crippen LogP contribution in [0.1, 0.15) is 31.9 Å². The second-order valence-corrected chi connectivity index (χ2v) is 6.48. The molecule has 0 heterocycles. The highest BCUT2D eigenvalue weighted by Crippen LogP contribution is 2.29. The number of benzene rings is 1. The Balaban J connectivity index is 2.63. The van der Waals surface area contributed by atoms with Crippen LogP contribution < -0.4 is 5.32 Å². The van der Waals surface area contributed by atoms with Crippen LogP contribution in [0.25, 0.3) is 0 Å². The maximum absolute atomic E-state index is 12.8. The lowest BCUT2D eigenvalue weighted by molar-refractivity contribution is -0.140. The number of hydrogen-bond acceptors (Lipinski definition) is 2. The number of halogens is 4. The van der Waals surface area contributed by atoms with Gasteiger partial charge in [0.2, 0.25) is 0 Å². The third kappa shape index (κ3) is 7.14. The molecule has 1 aromatic carbocycles. The molecule has 1 nitrogen and oxygen atoms in total. The van der Waals surface area contributed by atoms with Gasteiger partial charge in [-0.1, -0.05) is 26.0 Å². The SMILES string of the molecule is CC(C)SCCN[C@@H](CC(F)(F)F)c1ccc(F)cc1. The maximum Gasteiger partial charge on any atom is 0.390 e. The van der Waals surface area contributed by atoms with Crippen molar-refractivity contribution in [2.24, 2.45) is 0 Å². The maximum atomic E-state index is 12.8. The molecule has 1 atom stereocenters. The van der Waals surface area contributed by atoms with Crippen LogP contribution in [-0.4, -0.2) is 23.7 Å². The molecule has 0 saturated heterocycles. The molecular weight excluding hydrogens is 290 g/mol. The standard InChI is InChI=1S/C14H19F4NS/c1-10(2)20-8-7-19-13(9-14(16,17)18)11-3-5-12(15)6-4-11/h3-6,10,13,19H,7-9H2,1-2H3/t13-/m0/s1. The van der Waals surface area contributed by atoms with Gasteiger partial charge in [-0.3, -0.25) is 0 Å². The molecule has 0 aliphatic carbocycles. The Hall–Kier alpha value is -0.750. The summed E-state index contributed by atoms with van der Waals surface area (Å²) in [7, 11) is 0. The topological polar surface area (TPSA) is 12.0 Å². The number of rotatable bonds is 7. The second kappa shape index (κ2) is 7.88. The normalized spacial score (nSPS) is 13.8. The molecule has 0 spiro atoms. The Bertz CT molecular complexity index is 389. The first-order valence-electron chi connectivity index (χ1n) is 6.45. The first kappa shape index (κ1) is 17.3. The number of hydrogen-bond donors (Lipinski definition) is 1. The van der Waals surface area contributed by atoms with E-state index in [4.69, 9.17) is 0 Å². The van der Waals surface area contributed by atoms with E-state index in [2.05, 4.69) is 5.32 Å².